The topological polar surface area (TPSA) is 128 Å². The number of carbonyl (C=O) groups excluding carboxylic acids is 2. The zero-order valence-electron chi connectivity index (χ0n) is 48.0. The second-order valence-corrected chi connectivity index (χ2v) is 20.7. The van der Waals surface area contributed by atoms with Crippen LogP contribution in [0.25, 0.3) is 0 Å². The number of hydrogen-bond acceptors (Lipinski definition) is 11. The van der Waals surface area contributed by atoms with Gasteiger partial charge in [-0.2, -0.15) is 0 Å². The molecule has 1 atom stereocenters. The van der Waals surface area contributed by atoms with Crippen molar-refractivity contribution in [1.29, 1.82) is 0 Å². The van der Waals surface area contributed by atoms with E-state index in [9.17, 15) is 9.59 Å². The Balaban J connectivity index is 4.60. The normalized spacial score (nSPS) is 12.2. The van der Waals surface area contributed by atoms with Crippen LogP contribution in [-0.2, 0) is 47.5 Å². The number of esters is 2. The van der Waals surface area contributed by atoms with E-state index in [1.165, 1.54) is 128 Å². The zero-order chi connectivity index (χ0) is 52.3. The number of ether oxygens (including phenoxy) is 8. The molecule has 0 aliphatic carbocycles. The molecule has 0 heterocycles. The van der Waals surface area contributed by atoms with Crippen LogP contribution in [0.4, 0.5) is 0 Å². The van der Waals surface area contributed by atoms with E-state index >= 15 is 0 Å². The first kappa shape index (κ1) is 70.7. The SMILES string of the molecule is CCCCCCCCC(CCCCCCCC)OC(=O)CCCCCCCOC[C@@H](COCCOCCOCCOCCO)OCCCCCCCC(=O)OC(CCCCCCCC)CCCCCCCC. The number of carbonyl (C=O) groups is 2. The van der Waals surface area contributed by atoms with Crippen molar-refractivity contribution in [3.8, 4) is 0 Å². The number of unbranched alkanes of at least 4 members (excludes halogenated alkanes) is 28. The van der Waals surface area contributed by atoms with Gasteiger partial charge in [-0.15, -0.1) is 0 Å². The molecule has 72 heavy (non-hydrogen) atoms. The zero-order valence-corrected chi connectivity index (χ0v) is 48.0. The van der Waals surface area contributed by atoms with Crippen LogP contribution in [0.5, 0.6) is 0 Å². The van der Waals surface area contributed by atoms with Crippen molar-refractivity contribution in [2.45, 2.75) is 303 Å². The molecule has 0 radical (unpaired) electrons. The molecule has 0 fully saturated rings. The van der Waals surface area contributed by atoms with Crippen LogP contribution >= 0.6 is 0 Å². The fraction of sp³-hybridized carbons (Fsp3) is 0.967. The Morgan fingerprint density at radius 1 is 0.306 bits per heavy atom. The molecule has 0 spiro atoms. The molecule has 0 aromatic carbocycles. The van der Waals surface area contributed by atoms with E-state index in [0.29, 0.717) is 85.5 Å². The second kappa shape index (κ2) is 60.5. The number of aliphatic hydroxyl groups is 1. The average molecular weight is 1030 g/mol. The highest BCUT2D eigenvalue weighted by atomic mass is 16.6. The molecule has 430 valence electrons. The van der Waals surface area contributed by atoms with Crippen LogP contribution in [-0.4, -0.2) is 115 Å². The highest BCUT2D eigenvalue weighted by molar-refractivity contribution is 5.69. The van der Waals surface area contributed by atoms with Crippen molar-refractivity contribution in [2.24, 2.45) is 0 Å². The van der Waals surface area contributed by atoms with Gasteiger partial charge in [0.05, 0.1) is 66.1 Å². The lowest BCUT2D eigenvalue weighted by Crippen LogP contribution is -2.27. The Kier molecular flexibility index (Phi) is 59.4. The predicted molar refractivity (Wildman–Crippen MR) is 298 cm³/mol. The van der Waals surface area contributed by atoms with E-state index in [1.54, 1.807) is 0 Å². The molecule has 0 bridgehead atoms. The second-order valence-electron chi connectivity index (χ2n) is 20.7. The third kappa shape index (κ3) is 54.9. The molecule has 11 nitrogen and oxygen atoms in total. The first-order valence-electron chi connectivity index (χ1n) is 31.0. The van der Waals surface area contributed by atoms with Gasteiger partial charge < -0.3 is 43.0 Å². The third-order valence-corrected chi connectivity index (χ3v) is 13.6. The Morgan fingerprint density at radius 3 is 0.972 bits per heavy atom. The highest BCUT2D eigenvalue weighted by Crippen LogP contribution is 2.20. The minimum absolute atomic E-state index is 0.0102. The molecular weight excluding hydrogens is 909 g/mol. The summed E-state index contributed by atoms with van der Waals surface area (Å²) in [6, 6.07) is 0. The Hall–Kier alpha value is -1.34. The molecule has 0 amide bonds. The number of hydrogen-bond donors (Lipinski definition) is 1. The van der Waals surface area contributed by atoms with Gasteiger partial charge in [-0.3, -0.25) is 9.59 Å². The standard InChI is InChI=1S/C61H120O11/c1-5-9-13-17-23-31-39-57(40-32-24-18-14-10-6-2)71-60(63)43-35-27-21-29-37-46-68-55-59(56-69-54-53-67-52-51-66-50-49-65-48-45-62)70-47-38-30-22-28-36-44-61(64)72-58(41-33-25-19-15-11-7-3)42-34-26-20-16-12-8-4/h57-59,62H,5-56H2,1-4H3/t59-/m0/s1. The van der Waals surface area contributed by atoms with Crippen molar-refractivity contribution in [1.82, 2.24) is 0 Å². The lowest BCUT2D eigenvalue weighted by molar-refractivity contribution is -0.151. The Labute approximate surface area is 445 Å². The van der Waals surface area contributed by atoms with Crippen LogP contribution in [0, 0.1) is 0 Å². The summed E-state index contributed by atoms with van der Waals surface area (Å²) in [5.41, 5.74) is 0. The third-order valence-electron chi connectivity index (χ3n) is 13.6. The van der Waals surface area contributed by atoms with Crippen molar-refractivity contribution in [3.63, 3.8) is 0 Å². The van der Waals surface area contributed by atoms with E-state index in [0.717, 1.165) is 116 Å². The number of rotatable bonds is 62. The molecule has 0 aliphatic rings. The first-order valence-corrected chi connectivity index (χ1v) is 31.0. The molecule has 0 rings (SSSR count). The predicted octanol–water partition coefficient (Wildman–Crippen LogP) is 16.0. The van der Waals surface area contributed by atoms with Gasteiger partial charge in [0.2, 0.25) is 0 Å². The van der Waals surface area contributed by atoms with Gasteiger partial charge in [0.25, 0.3) is 0 Å². The van der Waals surface area contributed by atoms with Crippen LogP contribution in [0.15, 0.2) is 0 Å². The van der Waals surface area contributed by atoms with Gasteiger partial charge in [-0.05, 0) is 77.0 Å². The summed E-state index contributed by atoms with van der Waals surface area (Å²) in [5, 5.41) is 8.79. The van der Waals surface area contributed by atoms with Gasteiger partial charge >= 0.3 is 11.9 Å². The van der Waals surface area contributed by atoms with Gasteiger partial charge in [0, 0.05) is 26.1 Å². The lowest BCUT2D eigenvalue weighted by atomic mass is 10.0. The maximum absolute atomic E-state index is 12.9. The molecule has 11 heteroatoms. The fourth-order valence-corrected chi connectivity index (χ4v) is 9.08. The summed E-state index contributed by atoms with van der Waals surface area (Å²) in [5.74, 6) is -0.0238. The monoisotopic (exact) mass is 1030 g/mol. The van der Waals surface area contributed by atoms with E-state index in [4.69, 9.17) is 43.0 Å². The largest absolute Gasteiger partial charge is 0.462 e. The Bertz CT molecular complexity index is 1030. The molecule has 0 saturated carbocycles. The lowest BCUT2D eigenvalue weighted by Gasteiger charge is -2.19. The summed E-state index contributed by atoms with van der Waals surface area (Å²) in [4.78, 5) is 25.7. The smallest absolute Gasteiger partial charge is 0.306 e. The van der Waals surface area contributed by atoms with Crippen molar-refractivity contribution in [3.05, 3.63) is 0 Å². The average Bonchev–Trinajstić information content (AvgIpc) is 3.38. The van der Waals surface area contributed by atoms with Gasteiger partial charge in [-0.1, -0.05) is 195 Å². The van der Waals surface area contributed by atoms with Crippen molar-refractivity contribution in [2.75, 3.05) is 79.3 Å². The quantitative estimate of drug-likeness (QED) is 0.0462. The van der Waals surface area contributed by atoms with E-state index in [2.05, 4.69) is 27.7 Å². The maximum Gasteiger partial charge on any atom is 0.306 e. The van der Waals surface area contributed by atoms with Crippen LogP contribution in [0.3, 0.4) is 0 Å². The van der Waals surface area contributed by atoms with Crippen LogP contribution < -0.4 is 0 Å². The van der Waals surface area contributed by atoms with E-state index in [1.807, 2.05) is 0 Å². The van der Waals surface area contributed by atoms with E-state index in [-0.39, 0.29) is 36.9 Å². The molecule has 0 aromatic heterocycles. The van der Waals surface area contributed by atoms with Gasteiger partial charge in [-0.25, -0.2) is 0 Å². The molecule has 0 unspecified atom stereocenters. The minimum Gasteiger partial charge on any atom is -0.462 e. The fourth-order valence-electron chi connectivity index (χ4n) is 9.08. The van der Waals surface area contributed by atoms with Gasteiger partial charge in [0.15, 0.2) is 0 Å². The minimum atomic E-state index is -0.153. The maximum atomic E-state index is 12.9. The summed E-state index contributed by atoms with van der Waals surface area (Å²) in [6.45, 7) is 14.5. The van der Waals surface area contributed by atoms with Crippen LogP contribution in [0.2, 0.25) is 0 Å². The van der Waals surface area contributed by atoms with Crippen molar-refractivity contribution < 1.29 is 52.6 Å². The summed E-state index contributed by atoms with van der Waals surface area (Å²) in [7, 11) is 0. The Morgan fingerprint density at radius 2 is 0.597 bits per heavy atom. The highest BCUT2D eigenvalue weighted by Gasteiger charge is 2.16. The molecule has 0 aromatic rings. The molecule has 0 aliphatic heterocycles. The summed E-state index contributed by atoms with van der Waals surface area (Å²) in [6.07, 6.45) is 45.6. The molecule has 1 N–H and O–H groups in total. The number of aliphatic hydroxyl groups excluding tert-OH is 1. The van der Waals surface area contributed by atoms with Gasteiger partial charge in [0.1, 0.15) is 18.3 Å². The van der Waals surface area contributed by atoms with Crippen molar-refractivity contribution >= 4 is 11.9 Å². The van der Waals surface area contributed by atoms with E-state index < -0.39 is 0 Å². The van der Waals surface area contributed by atoms with Crippen LogP contribution in [0.1, 0.15) is 285 Å². The molecule has 0 saturated heterocycles. The summed E-state index contributed by atoms with van der Waals surface area (Å²) >= 11 is 0. The molecular formula is C61H120O11. The first-order chi connectivity index (χ1) is 35.5. The summed E-state index contributed by atoms with van der Waals surface area (Å²) < 4.78 is 46.8.